The topological polar surface area (TPSA) is 124 Å². The van der Waals surface area contributed by atoms with E-state index in [0.717, 1.165) is 0 Å². The zero-order chi connectivity index (χ0) is 19.5. The van der Waals surface area contributed by atoms with Crippen molar-refractivity contribution in [1.82, 2.24) is 14.8 Å². The molecule has 4 rings (SSSR count). The minimum atomic E-state index is -1.74. The van der Waals surface area contributed by atoms with Crippen molar-refractivity contribution in [3.8, 4) is 5.69 Å². The van der Waals surface area contributed by atoms with E-state index in [1.54, 1.807) is 6.07 Å². The molecule has 3 N–H and O–H groups in total. The highest BCUT2D eigenvalue weighted by Crippen LogP contribution is 2.44. The molecule has 2 aromatic heterocycles. The van der Waals surface area contributed by atoms with E-state index in [0.29, 0.717) is 40.6 Å². The fourth-order valence-electron chi connectivity index (χ4n) is 3.35. The number of hydrogen-bond acceptors (Lipinski definition) is 6. The summed E-state index contributed by atoms with van der Waals surface area (Å²) in [4.78, 5) is 14.8. The van der Waals surface area contributed by atoms with Crippen LogP contribution in [0.25, 0.3) is 16.5 Å². The van der Waals surface area contributed by atoms with Gasteiger partial charge in [-0.25, -0.2) is 9.67 Å². The number of aryl methyl sites for hydroxylation is 2. The zero-order valence-corrected chi connectivity index (χ0v) is 15.8. The molecule has 0 unspecified atom stereocenters. The molecule has 27 heavy (non-hydrogen) atoms. The Kier molecular flexibility index (Phi) is 4.03. The van der Waals surface area contributed by atoms with Crippen molar-refractivity contribution in [3.63, 3.8) is 0 Å². The summed E-state index contributed by atoms with van der Waals surface area (Å²) in [7, 11) is 0. The number of aromatic nitrogens is 3. The van der Waals surface area contributed by atoms with Gasteiger partial charge in [0.15, 0.2) is 5.49 Å². The number of nitrogens with two attached hydrogens (primary N) is 1. The summed E-state index contributed by atoms with van der Waals surface area (Å²) in [6.45, 7) is 0. The highest BCUT2D eigenvalue weighted by atomic mass is 35.6. The molecule has 0 spiro atoms. The molecule has 0 radical (unpaired) electrons. The van der Waals surface area contributed by atoms with Crippen LogP contribution in [0.15, 0.2) is 24.3 Å². The molecule has 3 aromatic rings. The summed E-state index contributed by atoms with van der Waals surface area (Å²) < 4.78 is -0.430. The number of hydrogen-bond donors (Lipinski definition) is 2. The van der Waals surface area contributed by atoms with Crippen LogP contribution in [0.4, 0.5) is 11.5 Å². The number of nitrogen functional groups attached to an aromatic ring is 1. The summed E-state index contributed by atoms with van der Waals surface area (Å²) in [5, 5.41) is 25.2. The molecule has 1 aliphatic rings. The van der Waals surface area contributed by atoms with Crippen molar-refractivity contribution in [2.75, 3.05) is 5.73 Å². The Morgan fingerprint density at radius 3 is 2.67 bits per heavy atom. The van der Waals surface area contributed by atoms with Crippen molar-refractivity contribution in [2.24, 2.45) is 0 Å². The number of anilines is 1. The molecule has 8 nitrogen and oxygen atoms in total. The summed E-state index contributed by atoms with van der Waals surface area (Å²) in [6.07, 6.45) is 1.10. The zero-order valence-electron chi connectivity index (χ0n) is 13.5. The maximum absolute atomic E-state index is 11.1. The Balaban J connectivity index is 2.05. The fourth-order valence-corrected chi connectivity index (χ4v) is 3.82. The van der Waals surface area contributed by atoms with E-state index >= 15 is 0 Å². The van der Waals surface area contributed by atoms with Gasteiger partial charge in [-0.05, 0) is 24.5 Å². The van der Waals surface area contributed by atoms with Crippen LogP contribution in [0.2, 0.25) is 0 Å². The van der Waals surface area contributed by atoms with Gasteiger partial charge in [-0.3, -0.25) is 15.5 Å². The van der Waals surface area contributed by atoms with Gasteiger partial charge >= 0.3 is 0 Å². The first-order valence-electron chi connectivity index (χ1n) is 7.79. The molecule has 1 aliphatic carbocycles. The first-order valence-corrected chi connectivity index (χ1v) is 8.92. The van der Waals surface area contributed by atoms with Crippen LogP contribution in [0.5, 0.6) is 0 Å². The number of alkyl halides is 3. The molecule has 138 valence electrons. The van der Waals surface area contributed by atoms with Crippen LogP contribution in [0.3, 0.4) is 0 Å². The lowest BCUT2D eigenvalue weighted by molar-refractivity contribution is -0.384. The van der Waals surface area contributed by atoms with E-state index in [2.05, 4.69) is 10.1 Å². The van der Waals surface area contributed by atoms with Gasteiger partial charge in [0.2, 0.25) is 3.79 Å². The van der Waals surface area contributed by atoms with Crippen LogP contribution < -0.4 is 11.2 Å². The van der Waals surface area contributed by atoms with Crippen LogP contribution in [-0.2, 0) is 16.6 Å². The molecule has 0 fully saturated rings. The number of nitrogens with zero attached hydrogens (tertiary/aromatic N) is 4. The monoisotopic (exact) mass is 424 g/mol. The van der Waals surface area contributed by atoms with E-state index < -0.39 is 8.72 Å². The van der Waals surface area contributed by atoms with Crippen LogP contribution >= 0.6 is 34.8 Å². The molecule has 2 heterocycles. The van der Waals surface area contributed by atoms with E-state index in [1.165, 1.54) is 22.9 Å². The van der Waals surface area contributed by atoms with Crippen molar-refractivity contribution >= 4 is 57.1 Å². The number of nitro benzene ring substituents is 1. The van der Waals surface area contributed by atoms with E-state index in [9.17, 15) is 10.1 Å². The maximum Gasteiger partial charge on any atom is 0.271 e. The Hall–Kier alpha value is -2.42. The average Bonchev–Trinajstić information content (AvgIpc) is 3.01. The van der Waals surface area contributed by atoms with Gasteiger partial charge in [-0.1, -0.05) is 40.9 Å². The smallest absolute Gasteiger partial charge is 0.271 e. The maximum atomic E-state index is 11.1. The summed E-state index contributed by atoms with van der Waals surface area (Å²) in [5.41, 5.74) is 7.95. The normalized spacial score (nSPS) is 13.3. The first kappa shape index (κ1) is 18.0. The molecule has 0 saturated carbocycles. The Morgan fingerprint density at radius 1 is 1.26 bits per heavy atom. The third-order valence-electron chi connectivity index (χ3n) is 4.45. The third-order valence-corrected chi connectivity index (χ3v) is 4.99. The van der Waals surface area contributed by atoms with Gasteiger partial charge in [0, 0.05) is 17.5 Å². The standard InChI is InChI=1S/C16H11Cl3N6O2/c17-16(18,19)13-9-4-5-10-11(9)12(14(20)22-13)15(21)24(23-10)7-2-1-3-8(6-7)25(26)27/h1-3,6,21H,4-5H2,(H2,20,22). The second-order valence-electron chi connectivity index (χ2n) is 6.06. The number of halogens is 3. The largest absolute Gasteiger partial charge is 0.383 e. The Labute approximate surface area is 167 Å². The molecular weight excluding hydrogens is 415 g/mol. The van der Waals surface area contributed by atoms with E-state index in [4.69, 9.17) is 45.9 Å². The summed E-state index contributed by atoms with van der Waals surface area (Å²) >= 11 is 18.1. The summed E-state index contributed by atoms with van der Waals surface area (Å²) in [5.74, 6) is 0.0461. The first-order chi connectivity index (χ1) is 12.7. The van der Waals surface area contributed by atoms with Gasteiger partial charge in [0.25, 0.3) is 5.69 Å². The van der Waals surface area contributed by atoms with Crippen molar-refractivity contribution in [1.29, 1.82) is 5.41 Å². The SMILES string of the molecule is N=c1c2c(N)nc(C(Cl)(Cl)Cl)c3c2c(nn1-c1cccc([N+](=O)[O-])c1)CC3. The molecule has 0 bridgehead atoms. The van der Waals surface area contributed by atoms with Crippen LogP contribution in [0, 0.1) is 15.5 Å². The van der Waals surface area contributed by atoms with Crippen LogP contribution in [0.1, 0.15) is 17.0 Å². The number of nitrogens with one attached hydrogen (secondary N) is 1. The molecule has 0 amide bonds. The quantitative estimate of drug-likeness (QED) is 0.370. The summed E-state index contributed by atoms with van der Waals surface area (Å²) in [6, 6.07) is 5.88. The second kappa shape index (κ2) is 6.05. The number of pyridine rings is 1. The Bertz CT molecular complexity index is 1190. The van der Waals surface area contributed by atoms with E-state index in [1.807, 2.05) is 0 Å². The second-order valence-corrected chi connectivity index (χ2v) is 8.34. The lowest BCUT2D eigenvalue weighted by Gasteiger charge is -2.17. The molecular formula is C16H11Cl3N6O2. The lowest BCUT2D eigenvalue weighted by Crippen LogP contribution is -2.24. The predicted molar refractivity (Wildman–Crippen MR) is 102 cm³/mol. The number of benzene rings is 1. The van der Waals surface area contributed by atoms with Gasteiger partial charge in [0.05, 0.1) is 27.4 Å². The fraction of sp³-hybridized carbons (Fsp3) is 0.188. The number of nitro groups is 1. The van der Waals surface area contributed by atoms with Gasteiger partial charge in [-0.15, -0.1) is 0 Å². The molecule has 1 aromatic carbocycles. The number of rotatable bonds is 2. The minimum absolute atomic E-state index is 0.0433. The lowest BCUT2D eigenvalue weighted by atomic mass is 10.1. The van der Waals surface area contributed by atoms with Crippen molar-refractivity contribution < 1.29 is 4.92 Å². The number of non-ortho nitro benzene ring substituents is 1. The molecule has 11 heteroatoms. The van der Waals surface area contributed by atoms with E-state index in [-0.39, 0.29) is 22.7 Å². The minimum Gasteiger partial charge on any atom is -0.383 e. The van der Waals surface area contributed by atoms with Crippen molar-refractivity contribution in [2.45, 2.75) is 16.6 Å². The Morgan fingerprint density at radius 2 is 2.00 bits per heavy atom. The van der Waals surface area contributed by atoms with Crippen molar-refractivity contribution in [3.05, 3.63) is 56.8 Å². The molecule has 0 atom stereocenters. The van der Waals surface area contributed by atoms with Crippen LogP contribution in [-0.4, -0.2) is 19.7 Å². The highest BCUT2D eigenvalue weighted by molar-refractivity contribution is 6.66. The third kappa shape index (κ3) is 2.80. The van der Waals surface area contributed by atoms with Gasteiger partial charge < -0.3 is 5.73 Å². The van der Waals surface area contributed by atoms with Gasteiger partial charge in [0.1, 0.15) is 5.82 Å². The average molecular weight is 426 g/mol. The predicted octanol–water partition coefficient (Wildman–Crippen LogP) is 3.32. The molecule has 0 saturated heterocycles. The van der Waals surface area contributed by atoms with Gasteiger partial charge in [-0.2, -0.15) is 5.10 Å². The highest BCUT2D eigenvalue weighted by Gasteiger charge is 2.34. The molecule has 0 aliphatic heterocycles.